The summed E-state index contributed by atoms with van der Waals surface area (Å²) in [5, 5.41) is 0.519. The molecule has 1 aliphatic heterocycles. The smallest absolute Gasteiger partial charge is 0.302 e. The van der Waals surface area contributed by atoms with E-state index in [9.17, 15) is 18.0 Å². The molecule has 104 valence electrons. The van der Waals surface area contributed by atoms with Crippen LogP contribution in [-0.2, 0) is 11.2 Å². The minimum atomic E-state index is -4.40. The molecule has 3 nitrogen and oxygen atoms in total. The summed E-state index contributed by atoms with van der Waals surface area (Å²) in [5.41, 5.74) is 5.24. The summed E-state index contributed by atoms with van der Waals surface area (Å²) in [5.74, 6) is -0.876. The molecule has 19 heavy (non-hydrogen) atoms. The lowest BCUT2D eigenvalue weighted by molar-refractivity contribution is -0.161. The Hall–Kier alpha value is -1.11. The second-order valence-corrected chi connectivity index (χ2v) is 4.90. The van der Waals surface area contributed by atoms with Crippen molar-refractivity contribution in [2.45, 2.75) is 24.7 Å². The number of rotatable bonds is 3. The fourth-order valence-electron chi connectivity index (χ4n) is 2.20. The molecule has 1 aromatic rings. The highest BCUT2D eigenvalue weighted by Gasteiger charge is 2.50. The highest BCUT2D eigenvalue weighted by Crippen LogP contribution is 2.32. The van der Waals surface area contributed by atoms with Gasteiger partial charge in [0.25, 0.3) is 0 Å². The average Bonchev–Trinajstić information content (AvgIpc) is 2.74. The van der Waals surface area contributed by atoms with Crippen LogP contribution in [-0.4, -0.2) is 24.5 Å². The summed E-state index contributed by atoms with van der Waals surface area (Å²) in [6, 6.07) is 3.96. The Morgan fingerprint density at radius 1 is 1.21 bits per heavy atom. The van der Waals surface area contributed by atoms with E-state index in [1.165, 1.54) is 0 Å². The summed E-state index contributed by atoms with van der Waals surface area (Å²) in [7, 11) is 0. The number of nitrogens with one attached hydrogen (secondary N) is 2. The van der Waals surface area contributed by atoms with E-state index in [2.05, 4.69) is 10.9 Å². The Bertz CT molecular complexity index is 449. The molecule has 0 spiro atoms. The van der Waals surface area contributed by atoms with Gasteiger partial charge in [0.05, 0.1) is 6.04 Å². The third-order valence-corrected chi connectivity index (χ3v) is 3.43. The number of hydrogen-bond donors (Lipinski definition) is 2. The van der Waals surface area contributed by atoms with E-state index in [1.54, 1.807) is 24.3 Å². The fraction of sp³-hybridized carbons (Fsp3) is 0.417. The third kappa shape index (κ3) is 3.26. The van der Waals surface area contributed by atoms with Crippen LogP contribution in [0.3, 0.4) is 0 Å². The van der Waals surface area contributed by atoms with E-state index in [4.69, 9.17) is 11.6 Å². The van der Waals surface area contributed by atoms with Gasteiger partial charge < -0.3 is 4.79 Å². The molecule has 1 heterocycles. The topological polar surface area (TPSA) is 41.1 Å². The second kappa shape index (κ2) is 5.48. The zero-order valence-electron chi connectivity index (χ0n) is 9.75. The van der Waals surface area contributed by atoms with Gasteiger partial charge in [-0.25, -0.2) is 10.9 Å². The number of alkyl halides is 3. The standard InChI is InChI=1S/C12H12ClF3N2O/c13-8-3-1-7(2-4-8)5-9-10(6-19)17-18-11(9)12(14,15)16/h1-4,6,9-11,17-18H,5H2. The molecule has 0 aromatic heterocycles. The number of benzene rings is 1. The van der Waals surface area contributed by atoms with Crippen LogP contribution in [0.2, 0.25) is 5.02 Å². The van der Waals surface area contributed by atoms with E-state index in [1.807, 2.05) is 0 Å². The SMILES string of the molecule is O=CC1NNC(C(F)(F)F)C1Cc1ccc(Cl)cc1. The molecule has 1 saturated heterocycles. The van der Waals surface area contributed by atoms with Crippen LogP contribution in [0.25, 0.3) is 0 Å². The first-order valence-electron chi connectivity index (χ1n) is 5.69. The van der Waals surface area contributed by atoms with E-state index < -0.39 is 24.2 Å². The van der Waals surface area contributed by atoms with Crippen LogP contribution in [0.1, 0.15) is 5.56 Å². The number of hydrogen-bond acceptors (Lipinski definition) is 3. The van der Waals surface area contributed by atoms with Crippen LogP contribution in [0.15, 0.2) is 24.3 Å². The van der Waals surface area contributed by atoms with Crippen molar-refractivity contribution in [1.82, 2.24) is 10.9 Å². The van der Waals surface area contributed by atoms with Gasteiger partial charge in [-0.15, -0.1) is 0 Å². The van der Waals surface area contributed by atoms with Gasteiger partial charge in [-0.3, -0.25) is 0 Å². The molecule has 2 N–H and O–H groups in total. The predicted octanol–water partition coefficient (Wildman–Crippen LogP) is 2.10. The van der Waals surface area contributed by atoms with Crippen molar-refractivity contribution in [2.24, 2.45) is 5.92 Å². The molecule has 0 saturated carbocycles. The van der Waals surface area contributed by atoms with Crippen LogP contribution in [0, 0.1) is 5.92 Å². The fourth-order valence-corrected chi connectivity index (χ4v) is 2.33. The van der Waals surface area contributed by atoms with Gasteiger partial charge in [0.1, 0.15) is 12.3 Å². The molecular formula is C12H12ClF3N2O. The van der Waals surface area contributed by atoms with Gasteiger partial charge in [-0.05, 0) is 24.1 Å². The molecule has 1 aliphatic rings. The van der Waals surface area contributed by atoms with E-state index >= 15 is 0 Å². The number of carbonyl (C=O) groups is 1. The predicted molar refractivity (Wildman–Crippen MR) is 64.6 cm³/mol. The molecule has 7 heteroatoms. The minimum absolute atomic E-state index is 0.144. The van der Waals surface area contributed by atoms with Crippen LogP contribution >= 0.6 is 11.6 Å². The molecule has 0 bridgehead atoms. The molecular weight excluding hydrogens is 281 g/mol. The maximum Gasteiger partial charge on any atom is 0.405 e. The monoisotopic (exact) mass is 292 g/mol. The van der Waals surface area contributed by atoms with Crippen molar-refractivity contribution in [3.05, 3.63) is 34.9 Å². The Morgan fingerprint density at radius 2 is 1.84 bits per heavy atom. The summed E-state index contributed by atoms with van der Waals surface area (Å²) in [6.45, 7) is 0. The number of aldehydes is 1. The maximum atomic E-state index is 12.8. The zero-order chi connectivity index (χ0) is 14.0. The van der Waals surface area contributed by atoms with Gasteiger partial charge in [-0.1, -0.05) is 23.7 Å². The van der Waals surface area contributed by atoms with Crippen molar-refractivity contribution in [3.8, 4) is 0 Å². The molecule has 0 amide bonds. The van der Waals surface area contributed by atoms with E-state index in [0.29, 0.717) is 16.9 Å². The first-order chi connectivity index (χ1) is 8.91. The molecule has 1 aromatic carbocycles. The lowest BCUT2D eigenvalue weighted by Crippen LogP contribution is -2.44. The summed E-state index contributed by atoms with van der Waals surface area (Å²) in [4.78, 5) is 10.8. The molecule has 0 aliphatic carbocycles. The minimum Gasteiger partial charge on any atom is -0.302 e. The van der Waals surface area contributed by atoms with Crippen molar-refractivity contribution in [1.29, 1.82) is 0 Å². The third-order valence-electron chi connectivity index (χ3n) is 3.18. The average molecular weight is 293 g/mol. The van der Waals surface area contributed by atoms with Gasteiger partial charge in [0.15, 0.2) is 0 Å². The maximum absolute atomic E-state index is 12.8. The first kappa shape index (κ1) is 14.3. The van der Waals surface area contributed by atoms with E-state index in [-0.39, 0.29) is 6.42 Å². The highest BCUT2D eigenvalue weighted by molar-refractivity contribution is 6.30. The summed E-state index contributed by atoms with van der Waals surface area (Å²) >= 11 is 5.72. The van der Waals surface area contributed by atoms with Crippen molar-refractivity contribution < 1.29 is 18.0 Å². The normalized spacial score (nSPS) is 27.5. The van der Waals surface area contributed by atoms with Gasteiger partial charge in [-0.2, -0.15) is 13.2 Å². The highest BCUT2D eigenvalue weighted by atomic mass is 35.5. The molecule has 3 atom stereocenters. The molecule has 2 rings (SSSR count). The lowest BCUT2D eigenvalue weighted by atomic mass is 9.88. The van der Waals surface area contributed by atoms with Gasteiger partial charge in [0.2, 0.25) is 0 Å². The largest absolute Gasteiger partial charge is 0.405 e. The Balaban J connectivity index is 2.18. The van der Waals surface area contributed by atoms with E-state index in [0.717, 1.165) is 0 Å². The Morgan fingerprint density at radius 3 is 2.37 bits per heavy atom. The second-order valence-electron chi connectivity index (χ2n) is 4.46. The quantitative estimate of drug-likeness (QED) is 0.839. The van der Waals surface area contributed by atoms with Crippen LogP contribution in [0.5, 0.6) is 0 Å². The van der Waals surface area contributed by atoms with Crippen molar-refractivity contribution in [3.63, 3.8) is 0 Å². The summed E-state index contributed by atoms with van der Waals surface area (Å²) < 4.78 is 38.5. The number of halogens is 4. The van der Waals surface area contributed by atoms with Crippen LogP contribution in [0.4, 0.5) is 13.2 Å². The van der Waals surface area contributed by atoms with Crippen molar-refractivity contribution in [2.75, 3.05) is 0 Å². The van der Waals surface area contributed by atoms with Gasteiger partial charge in [0, 0.05) is 10.9 Å². The number of hydrazine groups is 1. The summed E-state index contributed by atoms with van der Waals surface area (Å²) in [6.07, 6.45) is -3.76. The lowest BCUT2D eigenvalue weighted by Gasteiger charge is -2.22. The molecule has 1 fully saturated rings. The van der Waals surface area contributed by atoms with Crippen molar-refractivity contribution >= 4 is 17.9 Å². The zero-order valence-corrected chi connectivity index (χ0v) is 10.5. The Kier molecular flexibility index (Phi) is 4.13. The van der Waals surface area contributed by atoms with Crippen LogP contribution < -0.4 is 10.9 Å². The molecule has 0 radical (unpaired) electrons. The number of carbonyl (C=O) groups excluding carboxylic acids is 1. The molecule has 3 unspecified atom stereocenters. The van der Waals surface area contributed by atoms with Gasteiger partial charge >= 0.3 is 6.18 Å². The first-order valence-corrected chi connectivity index (χ1v) is 6.07. The Labute approximate surface area is 113 Å².